The van der Waals surface area contributed by atoms with Crippen LogP contribution < -0.4 is 4.90 Å². The molecule has 0 aliphatic carbocycles. The van der Waals surface area contributed by atoms with Crippen molar-refractivity contribution in [2.24, 2.45) is 0 Å². The van der Waals surface area contributed by atoms with Crippen LogP contribution in [0.5, 0.6) is 0 Å². The second kappa shape index (κ2) is 9.95. The maximum atomic E-state index is 2.30. The fraction of sp³-hybridized carbons (Fsp3) is 0.133. The molecular formula is C30H31N. The SMILES string of the molecule is C.Cc1ccc(/C=C/c2ccc(N(c3ccc(C)cc3)c3ccc(C)cc3)cc2)cc1. The summed E-state index contributed by atoms with van der Waals surface area (Å²) in [5, 5.41) is 0. The minimum absolute atomic E-state index is 0. The van der Waals surface area contributed by atoms with Crippen LogP contribution in [0.1, 0.15) is 35.2 Å². The monoisotopic (exact) mass is 405 g/mol. The maximum Gasteiger partial charge on any atom is 0.0462 e. The first-order chi connectivity index (χ1) is 14.6. The third-order valence-corrected chi connectivity index (χ3v) is 5.28. The Kier molecular flexibility index (Phi) is 7.10. The zero-order valence-corrected chi connectivity index (χ0v) is 17.8. The Morgan fingerprint density at radius 1 is 0.419 bits per heavy atom. The van der Waals surface area contributed by atoms with Gasteiger partial charge in [0.1, 0.15) is 0 Å². The van der Waals surface area contributed by atoms with E-state index in [1.54, 1.807) is 0 Å². The van der Waals surface area contributed by atoms with E-state index in [-0.39, 0.29) is 7.43 Å². The van der Waals surface area contributed by atoms with Gasteiger partial charge in [-0.2, -0.15) is 0 Å². The van der Waals surface area contributed by atoms with Gasteiger partial charge < -0.3 is 4.90 Å². The number of benzene rings is 4. The first-order valence-corrected chi connectivity index (χ1v) is 10.4. The molecule has 1 heteroatoms. The Morgan fingerprint density at radius 3 is 1.03 bits per heavy atom. The lowest BCUT2D eigenvalue weighted by Crippen LogP contribution is -2.09. The summed E-state index contributed by atoms with van der Waals surface area (Å²) in [6.07, 6.45) is 4.32. The Bertz CT molecular complexity index is 1070. The molecule has 0 bridgehead atoms. The second-order valence-corrected chi connectivity index (χ2v) is 7.84. The van der Waals surface area contributed by atoms with E-state index in [0.717, 1.165) is 17.1 Å². The number of anilines is 3. The largest absolute Gasteiger partial charge is 0.311 e. The molecule has 0 atom stereocenters. The molecule has 0 radical (unpaired) electrons. The summed E-state index contributed by atoms with van der Waals surface area (Å²) in [4.78, 5) is 2.30. The van der Waals surface area contributed by atoms with Crippen molar-refractivity contribution in [3.63, 3.8) is 0 Å². The smallest absolute Gasteiger partial charge is 0.0462 e. The zero-order valence-electron chi connectivity index (χ0n) is 17.8. The van der Waals surface area contributed by atoms with E-state index < -0.39 is 0 Å². The van der Waals surface area contributed by atoms with Crippen LogP contribution in [0, 0.1) is 20.8 Å². The van der Waals surface area contributed by atoms with E-state index in [4.69, 9.17) is 0 Å². The van der Waals surface area contributed by atoms with E-state index >= 15 is 0 Å². The lowest BCUT2D eigenvalue weighted by molar-refractivity contribution is 1.27. The number of nitrogens with zero attached hydrogens (tertiary/aromatic N) is 1. The van der Waals surface area contributed by atoms with Gasteiger partial charge in [-0.3, -0.25) is 0 Å². The zero-order chi connectivity index (χ0) is 20.9. The molecule has 0 aliphatic rings. The van der Waals surface area contributed by atoms with Crippen molar-refractivity contribution in [2.45, 2.75) is 28.2 Å². The fourth-order valence-corrected chi connectivity index (χ4v) is 3.44. The van der Waals surface area contributed by atoms with Crippen molar-refractivity contribution in [2.75, 3.05) is 4.90 Å². The average molecular weight is 406 g/mol. The molecule has 0 aromatic heterocycles. The standard InChI is InChI=1S/C29H27N.CH4/c1-22-4-10-25(11-5-22)12-13-26-14-20-29(21-15-26)30(27-16-6-23(2)7-17-27)28-18-8-24(3)9-19-28;/h4-21H,1-3H3;1H4/b13-12+;. The van der Waals surface area contributed by atoms with Gasteiger partial charge in [-0.25, -0.2) is 0 Å². The van der Waals surface area contributed by atoms with Crippen LogP contribution >= 0.6 is 0 Å². The predicted molar refractivity (Wildman–Crippen MR) is 137 cm³/mol. The Hall–Kier alpha value is -3.58. The van der Waals surface area contributed by atoms with E-state index in [0.29, 0.717) is 0 Å². The van der Waals surface area contributed by atoms with Crippen molar-refractivity contribution in [3.05, 3.63) is 125 Å². The molecule has 0 saturated carbocycles. The van der Waals surface area contributed by atoms with Gasteiger partial charge in [0.05, 0.1) is 0 Å². The maximum absolute atomic E-state index is 2.30. The fourth-order valence-electron chi connectivity index (χ4n) is 3.44. The van der Waals surface area contributed by atoms with Crippen LogP contribution in [-0.2, 0) is 0 Å². The number of aryl methyl sites for hydroxylation is 3. The van der Waals surface area contributed by atoms with Gasteiger partial charge in [0.15, 0.2) is 0 Å². The molecule has 0 unspecified atom stereocenters. The van der Waals surface area contributed by atoms with E-state index in [1.165, 1.54) is 27.8 Å². The highest BCUT2D eigenvalue weighted by Gasteiger charge is 2.11. The first-order valence-electron chi connectivity index (χ1n) is 10.4. The molecule has 4 aromatic carbocycles. The van der Waals surface area contributed by atoms with E-state index in [1.807, 2.05) is 0 Å². The summed E-state index contributed by atoms with van der Waals surface area (Å²) in [6, 6.07) is 34.7. The Balaban J connectivity index is 0.00000272. The van der Waals surface area contributed by atoms with Crippen molar-refractivity contribution < 1.29 is 0 Å². The van der Waals surface area contributed by atoms with Gasteiger partial charge in [0, 0.05) is 17.1 Å². The van der Waals surface area contributed by atoms with Crippen LogP contribution in [0.2, 0.25) is 0 Å². The molecule has 0 saturated heterocycles. The summed E-state index contributed by atoms with van der Waals surface area (Å²) in [5.41, 5.74) is 9.68. The first kappa shape index (κ1) is 22.1. The minimum Gasteiger partial charge on any atom is -0.311 e. The lowest BCUT2D eigenvalue weighted by atomic mass is 10.1. The Labute approximate surface area is 187 Å². The molecule has 31 heavy (non-hydrogen) atoms. The third-order valence-electron chi connectivity index (χ3n) is 5.28. The lowest BCUT2D eigenvalue weighted by Gasteiger charge is -2.25. The molecule has 0 amide bonds. The summed E-state index contributed by atoms with van der Waals surface area (Å²) >= 11 is 0. The van der Waals surface area contributed by atoms with Gasteiger partial charge in [-0.15, -0.1) is 0 Å². The predicted octanol–water partition coefficient (Wildman–Crippen LogP) is 8.89. The van der Waals surface area contributed by atoms with Gasteiger partial charge in [0.25, 0.3) is 0 Å². The van der Waals surface area contributed by atoms with Crippen LogP contribution in [0.4, 0.5) is 17.1 Å². The normalized spacial score (nSPS) is 10.7. The average Bonchev–Trinajstić information content (AvgIpc) is 2.77. The molecule has 4 aromatic rings. The van der Waals surface area contributed by atoms with Crippen LogP contribution in [0.25, 0.3) is 12.2 Å². The summed E-state index contributed by atoms with van der Waals surface area (Å²) in [7, 11) is 0. The quantitative estimate of drug-likeness (QED) is 0.300. The van der Waals surface area contributed by atoms with Crippen molar-refractivity contribution in [3.8, 4) is 0 Å². The van der Waals surface area contributed by atoms with E-state index in [9.17, 15) is 0 Å². The van der Waals surface area contributed by atoms with Crippen LogP contribution in [-0.4, -0.2) is 0 Å². The molecule has 0 spiro atoms. The highest BCUT2D eigenvalue weighted by Crippen LogP contribution is 2.34. The summed E-state index contributed by atoms with van der Waals surface area (Å²) < 4.78 is 0. The second-order valence-electron chi connectivity index (χ2n) is 7.84. The highest BCUT2D eigenvalue weighted by atomic mass is 15.1. The van der Waals surface area contributed by atoms with Gasteiger partial charge in [-0.1, -0.05) is 96.9 Å². The van der Waals surface area contributed by atoms with E-state index in [2.05, 4.69) is 135 Å². The number of hydrogen-bond donors (Lipinski definition) is 0. The molecule has 0 N–H and O–H groups in total. The molecule has 156 valence electrons. The van der Waals surface area contributed by atoms with Crippen molar-refractivity contribution in [1.29, 1.82) is 0 Å². The summed E-state index contributed by atoms with van der Waals surface area (Å²) in [5.74, 6) is 0. The van der Waals surface area contributed by atoms with Crippen LogP contribution in [0.3, 0.4) is 0 Å². The summed E-state index contributed by atoms with van der Waals surface area (Å²) in [6.45, 7) is 6.35. The van der Waals surface area contributed by atoms with Gasteiger partial charge >= 0.3 is 0 Å². The molecule has 4 rings (SSSR count). The molecular weight excluding hydrogens is 374 g/mol. The molecule has 1 nitrogen and oxygen atoms in total. The molecule has 0 aliphatic heterocycles. The Morgan fingerprint density at radius 2 is 0.677 bits per heavy atom. The van der Waals surface area contributed by atoms with Crippen LogP contribution in [0.15, 0.2) is 97.1 Å². The van der Waals surface area contributed by atoms with Crippen molar-refractivity contribution in [1.82, 2.24) is 0 Å². The molecule has 0 heterocycles. The highest BCUT2D eigenvalue weighted by molar-refractivity contribution is 5.78. The number of rotatable bonds is 5. The number of hydrogen-bond acceptors (Lipinski definition) is 1. The molecule has 0 fully saturated rings. The van der Waals surface area contributed by atoms with Gasteiger partial charge in [-0.05, 0) is 68.3 Å². The minimum atomic E-state index is 0. The third kappa shape index (κ3) is 5.52. The topological polar surface area (TPSA) is 3.24 Å². The van der Waals surface area contributed by atoms with Gasteiger partial charge in [0.2, 0.25) is 0 Å². The van der Waals surface area contributed by atoms with Crippen molar-refractivity contribution >= 4 is 29.2 Å².